The molecule has 0 atom stereocenters. The van der Waals surface area contributed by atoms with Gasteiger partial charge in [-0.15, -0.1) is 11.3 Å². The minimum atomic E-state index is -0.403. The van der Waals surface area contributed by atoms with Crippen LogP contribution in [-0.2, 0) is 0 Å². The van der Waals surface area contributed by atoms with Crippen LogP contribution in [0.5, 0.6) is 0 Å². The number of aromatic nitrogens is 2. The highest BCUT2D eigenvalue weighted by atomic mass is 32.1. The Bertz CT molecular complexity index is 1490. The van der Waals surface area contributed by atoms with E-state index in [1.165, 1.54) is 17.7 Å². The fraction of sp³-hybridized carbons (Fsp3) is 0.0741. The van der Waals surface area contributed by atoms with E-state index in [1.54, 1.807) is 23.5 Å². The van der Waals surface area contributed by atoms with E-state index < -0.39 is 5.82 Å². The summed E-state index contributed by atoms with van der Waals surface area (Å²) in [6.07, 6.45) is 0. The number of nitrogens with zero attached hydrogens (tertiary/aromatic N) is 2. The Balaban J connectivity index is 1.38. The van der Waals surface area contributed by atoms with E-state index in [-0.39, 0.29) is 5.91 Å². The van der Waals surface area contributed by atoms with Crippen LogP contribution < -0.4 is 5.32 Å². The van der Waals surface area contributed by atoms with Crippen molar-refractivity contribution in [3.63, 3.8) is 0 Å². The van der Waals surface area contributed by atoms with Gasteiger partial charge in [0, 0.05) is 33.3 Å². The van der Waals surface area contributed by atoms with Gasteiger partial charge in [-0.05, 0) is 55.8 Å². The molecule has 0 aliphatic rings. The molecular formula is C27H20FN3OS. The number of halogens is 1. The number of rotatable bonds is 4. The number of anilines is 1. The second-order valence-electron chi connectivity index (χ2n) is 7.86. The number of fused-ring (bicyclic) bond motifs is 1. The van der Waals surface area contributed by atoms with Crippen molar-refractivity contribution in [3.8, 4) is 21.8 Å². The highest BCUT2D eigenvalue weighted by Crippen LogP contribution is 2.31. The summed E-state index contributed by atoms with van der Waals surface area (Å²) in [5, 5.41) is 6.41. The molecule has 0 fully saturated rings. The standard InChI is InChI=1S/C27H20FN3OS/c1-16-5-3-4-6-21(16)27-31-25(15-33-27)18-7-10-20(11-8-18)30-26(32)23-13-17(2)29-24-12-9-19(28)14-22(23)24/h3-15H,1-2H3,(H,30,32). The molecule has 4 nitrogen and oxygen atoms in total. The highest BCUT2D eigenvalue weighted by molar-refractivity contribution is 7.13. The van der Waals surface area contributed by atoms with Crippen LogP contribution >= 0.6 is 11.3 Å². The zero-order valence-electron chi connectivity index (χ0n) is 18.1. The molecule has 33 heavy (non-hydrogen) atoms. The molecule has 0 saturated heterocycles. The fourth-order valence-electron chi connectivity index (χ4n) is 3.78. The maximum absolute atomic E-state index is 13.8. The van der Waals surface area contributed by atoms with Crippen LogP contribution in [0.4, 0.5) is 10.1 Å². The number of carbonyl (C=O) groups is 1. The van der Waals surface area contributed by atoms with Crippen LogP contribution in [0.25, 0.3) is 32.7 Å². The van der Waals surface area contributed by atoms with Crippen LogP contribution in [0.15, 0.2) is 78.2 Å². The molecule has 3 aromatic carbocycles. The smallest absolute Gasteiger partial charge is 0.256 e. The minimum absolute atomic E-state index is 0.306. The Morgan fingerprint density at radius 2 is 1.73 bits per heavy atom. The third-order valence-corrected chi connectivity index (χ3v) is 6.34. The Labute approximate surface area is 194 Å². The topological polar surface area (TPSA) is 54.9 Å². The molecule has 1 amide bonds. The zero-order valence-corrected chi connectivity index (χ0v) is 18.9. The van der Waals surface area contributed by atoms with Crippen molar-refractivity contribution in [1.29, 1.82) is 0 Å². The molecule has 5 aromatic rings. The average Bonchev–Trinajstić information content (AvgIpc) is 3.29. The quantitative estimate of drug-likeness (QED) is 0.318. The van der Waals surface area contributed by atoms with Crippen molar-refractivity contribution in [2.75, 3.05) is 5.32 Å². The lowest BCUT2D eigenvalue weighted by Crippen LogP contribution is -2.13. The maximum atomic E-state index is 13.8. The summed E-state index contributed by atoms with van der Waals surface area (Å²) in [6, 6.07) is 21.7. The van der Waals surface area contributed by atoms with Gasteiger partial charge in [0.1, 0.15) is 10.8 Å². The first kappa shape index (κ1) is 21.0. The predicted octanol–water partition coefficient (Wildman–Crippen LogP) is 7.03. The molecule has 6 heteroatoms. The lowest BCUT2D eigenvalue weighted by atomic mass is 10.1. The number of aryl methyl sites for hydroxylation is 2. The molecule has 0 aliphatic heterocycles. The monoisotopic (exact) mass is 453 g/mol. The van der Waals surface area contributed by atoms with Gasteiger partial charge in [-0.1, -0.05) is 36.4 Å². The number of hydrogen-bond donors (Lipinski definition) is 1. The van der Waals surface area contributed by atoms with Crippen LogP contribution in [-0.4, -0.2) is 15.9 Å². The summed E-state index contributed by atoms with van der Waals surface area (Å²) < 4.78 is 13.8. The van der Waals surface area contributed by atoms with Gasteiger partial charge in [0.15, 0.2) is 0 Å². The molecule has 162 valence electrons. The number of benzene rings is 3. The fourth-order valence-corrected chi connectivity index (χ4v) is 4.70. The Hall–Kier alpha value is -3.90. The van der Waals surface area contributed by atoms with Gasteiger partial charge in [-0.3, -0.25) is 9.78 Å². The molecule has 0 bridgehead atoms. The van der Waals surface area contributed by atoms with Crippen LogP contribution in [0, 0.1) is 19.7 Å². The number of nitrogens with one attached hydrogen (secondary N) is 1. The molecule has 5 rings (SSSR count). The second-order valence-corrected chi connectivity index (χ2v) is 8.72. The highest BCUT2D eigenvalue weighted by Gasteiger charge is 2.14. The van der Waals surface area contributed by atoms with Gasteiger partial charge >= 0.3 is 0 Å². The molecule has 2 heterocycles. The molecule has 1 N–H and O–H groups in total. The van der Waals surface area contributed by atoms with Gasteiger partial charge in [0.25, 0.3) is 5.91 Å². The van der Waals surface area contributed by atoms with E-state index in [2.05, 4.69) is 29.4 Å². The van der Waals surface area contributed by atoms with E-state index in [0.717, 1.165) is 21.8 Å². The van der Waals surface area contributed by atoms with Crippen molar-refractivity contribution in [1.82, 2.24) is 9.97 Å². The summed E-state index contributed by atoms with van der Waals surface area (Å²) in [5.41, 5.74) is 6.51. The van der Waals surface area contributed by atoms with Gasteiger partial charge < -0.3 is 5.32 Å². The summed E-state index contributed by atoms with van der Waals surface area (Å²) in [4.78, 5) is 22.1. The number of hydrogen-bond acceptors (Lipinski definition) is 4. The molecule has 0 unspecified atom stereocenters. The van der Waals surface area contributed by atoms with Gasteiger partial charge in [0.2, 0.25) is 0 Å². The molecular weight excluding hydrogens is 433 g/mol. The third-order valence-electron chi connectivity index (χ3n) is 5.46. The SMILES string of the molecule is Cc1cc(C(=O)Nc2ccc(-c3csc(-c4ccccc4C)n3)cc2)c2cc(F)ccc2n1. The Morgan fingerprint density at radius 1 is 0.939 bits per heavy atom. The van der Waals surface area contributed by atoms with E-state index in [9.17, 15) is 9.18 Å². The number of carbonyl (C=O) groups excluding carboxylic acids is 1. The van der Waals surface area contributed by atoms with Gasteiger partial charge in [-0.25, -0.2) is 9.37 Å². The van der Waals surface area contributed by atoms with Crippen LogP contribution in [0.1, 0.15) is 21.6 Å². The summed E-state index contributed by atoms with van der Waals surface area (Å²) >= 11 is 1.61. The molecule has 0 aliphatic carbocycles. The summed E-state index contributed by atoms with van der Waals surface area (Å²) in [6.45, 7) is 3.89. The number of thiazole rings is 1. The Kier molecular flexibility index (Phi) is 5.44. The predicted molar refractivity (Wildman–Crippen MR) is 132 cm³/mol. The van der Waals surface area contributed by atoms with Crippen molar-refractivity contribution in [2.24, 2.45) is 0 Å². The first-order chi connectivity index (χ1) is 16.0. The van der Waals surface area contributed by atoms with Crippen molar-refractivity contribution < 1.29 is 9.18 Å². The van der Waals surface area contributed by atoms with E-state index in [1.807, 2.05) is 48.7 Å². The first-order valence-electron chi connectivity index (χ1n) is 10.5. The van der Waals surface area contributed by atoms with Crippen LogP contribution in [0.3, 0.4) is 0 Å². The lowest BCUT2D eigenvalue weighted by Gasteiger charge is -2.10. The minimum Gasteiger partial charge on any atom is -0.322 e. The summed E-state index contributed by atoms with van der Waals surface area (Å²) in [5.74, 6) is -0.709. The van der Waals surface area contributed by atoms with E-state index >= 15 is 0 Å². The largest absolute Gasteiger partial charge is 0.322 e. The van der Waals surface area contributed by atoms with Gasteiger partial charge in [-0.2, -0.15) is 0 Å². The van der Waals surface area contributed by atoms with Crippen molar-refractivity contribution in [2.45, 2.75) is 13.8 Å². The van der Waals surface area contributed by atoms with Crippen LogP contribution in [0.2, 0.25) is 0 Å². The lowest BCUT2D eigenvalue weighted by molar-refractivity contribution is 0.102. The van der Waals surface area contributed by atoms with Crippen molar-refractivity contribution in [3.05, 3.63) is 101 Å². The Morgan fingerprint density at radius 3 is 2.52 bits per heavy atom. The molecule has 0 saturated carbocycles. The van der Waals surface area contributed by atoms with E-state index in [0.29, 0.717) is 27.8 Å². The maximum Gasteiger partial charge on any atom is 0.256 e. The molecule has 0 radical (unpaired) electrons. The van der Waals surface area contributed by atoms with Crippen molar-refractivity contribution >= 4 is 33.8 Å². The molecule has 0 spiro atoms. The summed E-state index contributed by atoms with van der Waals surface area (Å²) in [7, 11) is 0. The average molecular weight is 454 g/mol. The third kappa shape index (κ3) is 4.25. The number of amides is 1. The number of pyridine rings is 1. The first-order valence-corrected chi connectivity index (χ1v) is 11.4. The van der Waals surface area contributed by atoms with E-state index in [4.69, 9.17) is 4.98 Å². The second kappa shape index (κ2) is 8.56. The molecule has 2 aromatic heterocycles. The zero-order chi connectivity index (χ0) is 22.9. The normalized spacial score (nSPS) is 11.0. The van der Waals surface area contributed by atoms with Gasteiger partial charge in [0.05, 0.1) is 16.8 Å².